The summed E-state index contributed by atoms with van der Waals surface area (Å²) >= 11 is 4.47. The lowest BCUT2D eigenvalue weighted by atomic mass is 9.75. The van der Waals surface area contributed by atoms with Crippen LogP contribution < -0.4 is 9.80 Å². The molecule has 0 N–H and O–H groups in total. The van der Waals surface area contributed by atoms with Gasteiger partial charge in [0, 0.05) is 42.4 Å². The maximum atomic E-state index is 17.7. The normalized spacial score (nSPS) is 15.3. The molecule has 0 aliphatic heterocycles. The molecule has 1 saturated carbocycles. The zero-order chi connectivity index (χ0) is 44.0. The number of benzene rings is 10. The SMILES string of the molecule is CC1(C2CC2)c2ccccc2-c2ccc(N(c3c(F)c(F)c(-c4ccc(N(c5ccc6ccccc6c5)c5cccc6ccccc56)cc4)c(I)c3I)c3cccc4ccccc34)cc21. The average Bonchev–Trinajstić information content (AvgIpc) is 4.18. The van der Waals surface area contributed by atoms with E-state index in [1.165, 1.54) is 35.1 Å². The number of hydrogen-bond donors (Lipinski definition) is 0. The van der Waals surface area contributed by atoms with Crippen molar-refractivity contribution in [2.75, 3.05) is 9.80 Å². The van der Waals surface area contributed by atoms with E-state index in [1.807, 2.05) is 53.4 Å². The van der Waals surface area contributed by atoms with Crippen molar-refractivity contribution in [3.05, 3.63) is 224 Å². The topological polar surface area (TPSA) is 6.48 Å². The number of fused-ring (bicyclic) bond motifs is 6. The van der Waals surface area contributed by atoms with E-state index in [0.717, 1.165) is 60.8 Å². The van der Waals surface area contributed by atoms with E-state index in [4.69, 9.17) is 0 Å². The number of halogens is 4. The third-order valence-electron chi connectivity index (χ3n) is 13.9. The molecule has 0 aromatic heterocycles. The first-order valence-corrected chi connectivity index (χ1v) is 24.2. The third-order valence-corrected chi connectivity index (χ3v) is 17.0. The van der Waals surface area contributed by atoms with Gasteiger partial charge in [-0.2, -0.15) is 0 Å². The molecule has 10 aromatic rings. The second-order valence-corrected chi connectivity index (χ2v) is 19.6. The molecule has 0 bridgehead atoms. The number of nitrogens with zero attached hydrogens (tertiary/aromatic N) is 2. The molecule has 2 aliphatic carbocycles. The van der Waals surface area contributed by atoms with Crippen molar-refractivity contribution >= 4 is 112 Å². The first-order valence-electron chi connectivity index (χ1n) is 22.0. The molecule has 6 heteroatoms. The minimum absolute atomic E-state index is 0.175. The zero-order valence-corrected chi connectivity index (χ0v) is 39.7. The molecule has 65 heavy (non-hydrogen) atoms. The molecule has 12 rings (SSSR count). The minimum atomic E-state index is -0.885. The Morgan fingerprint density at radius 2 is 1.00 bits per heavy atom. The summed E-state index contributed by atoms with van der Waals surface area (Å²) in [5.41, 5.74) is 10.4. The van der Waals surface area contributed by atoms with Gasteiger partial charge >= 0.3 is 0 Å². The average molecular weight is 1070 g/mol. The summed E-state index contributed by atoms with van der Waals surface area (Å²) in [4.78, 5) is 4.21. The number of anilines is 6. The number of rotatable bonds is 8. The van der Waals surface area contributed by atoms with Gasteiger partial charge in [0.15, 0.2) is 11.6 Å². The van der Waals surface area contributed by atoms with Crippen molar-refractivity contribution in [3.8, 4) is 22.3 Å². The summed E-state index contributed by atoms with van der Waals surface area (Å²) in [6.45, 7) is 2.37. The van der Waals surface area contributed by atoms with Crippen LogP contribution in [0.5, 0.6) is 0 Å². The largest absolute Gasteiger partial charge is 0.310 e. The fraction of sp³-hybridized carbons (Fsp3) is 0.0847. The summed E-state index contributed by atoms with van der Waals surface area (Å²) in [5.74, 6) is -1.23. The summed E-state index contributed by atoms with van der Waals surface area (Å²) in [7, 11) is 0. The van der Waals surface area contributed by atoms with Gasteiger partial charge in [0.1, 0.15) is 0 Å². The highest BCUT2D eigenvalue weighted by atomic mass is 127. The van der Waals surface area contributed by atoms with Crippen molar-refractivity contribution in [2.24, 2.45) is 5.92 Å². The van der Waals surface area contributed by atoms with E-state index < -0.39 is 11.6 Å². The number of hydrogen-bond acceptors (Lipinski definition) is 2. The Balaban J connectivity index is 1.01. The van der Waals surface area contributed by atoms with E-state index in [2.05, 4.69) is 203 Å². The van der Waals surface area contributed by atoms with Gasteiger partial charge in [-0.25, -0.2) is 8.78 Å². The Kier molecular flexibility index (Phi) is 9.83. The molecule has 1 unspecified atom stereocenters. The quantitative estimate of drug-likeness (QED) is 0.111. The van der Waals surface area contributed by atoms with Gasteiger partial charge in [0.05, 0.1) is 20.6 Å². The Morgan fingerprint density at radius 3 is 1.69 bits per heavy atom. The smallest absolute Gasteiger partial charge is 0.184 e. The van der Waals surface area contributed by atoms with Crippen molar-refractivity contribution < 1.29 is 8.78 Å². The van der Waals surface area contributed by atoms with Crippen molar-refractivity contribution in [3.63, 3.8) is 0 Å². The molecular weight excluding hydrogens is 1030 g/mol. The molecule has 0 radical (unpaired) electrons. The summed E-state index contributed by atoms with van der Waals surface area (Å²) in [6, 6.07) is 67.0. The highest BCUT2D eigenvalue weighted by molar-refractivity contribution is 14.1. The van der Waals surface area contributed by atoms with Gasteiger partial charge in [-0.15, -0.1) is 0 Å². The molecule has 1 atom stereocenters. The van der Waals surface area contributed by atoms with E-state index in [0.29, 0.717) is 18.6 Å². The Bertz CT molecular complexity index is 3510. The second kappa shape index (κ2) is 15.8. The summed E-state index contributed by atoms with van der Waals surface area (Å²) in [6.07, 6.45) is 2.34. The van der Waals surface area contributed by atoms with Crippen LogP contribution in [-0.2, 0) is 5.41 Å². The second-order valence-electron chi connectivity index (χ2n) is 17.5. The lowest BCUT2D eigenvalue weighted by Crippen LogP contribution is -2.24. The summed E-state index contributed by atoms with van der Waals surface area (Å²) < 4.78 is 36.4. The van der Waals surface area contributed by atoms with Crippen molar-refractivity contribution in [1.82, 2.24) is 0 Å². The predicted octanol–water partition coefficient (Wildman–Crippen LogP) is 17.9. The van der Waals surface area contributed by atoms with Gasteiger partial charge in [-0.1, -0.05) is 153 Å². The van der Waals surface area contributed by atoms with Crippen LogP contribution in [0.25, 0.3) is 54.6 Å². The monoisotopic (exact) mass is 1070 g/mol. The molecule has 2 aliphatic rings. The fourth-order valence-electron chi connectivity index (χ4n) is 10.5. The van der Waals surface area contributed by atoms with Gasteiger partial charge < -0.3 is 9.80 Å². The Morgan fingerprint density at radius 1 is 0.462 bits per heavy atom. The Hall–Kier alpha value is -6.10. The van der Waals surface area contributed by atoms with Crippen LogP contribution in [0.3, 0.4) is 0 Å². The molecular formula is C59H40F2I2N2. The highest BCUT2D eigenvalue weighted by Crippen LogP contribution is 2.60. The molecule has 0 saturated heterocycles. The van der Waals surface area contributed by atoms with Crippen LogP contribution in [0.1, 0.15) is 30.9 Å². The highest BCUT2D eigenvalue weighted by Gasteiger charge is 2.49. The van der Waals surface area contributed by atoms with E-state index in [1.54, 1.807) is 0 Å². The maximum Gasteiger partial charge on any atom is 0.184 e. The van der Waals surface area contributed by atoms with Gasteiger partial charge in [0.2, 0.25) is 0 Å². The molecule has 10 aromatic carbocycles. The molecule has 1 fully saturated rings. The van der Waals surface area contributed by atoms with E-state index in [9.17, 15) is 0 Å². The van der Waals surface area contributed by atoms with Gasteiger partial charge in [-0.3, -0.25) is 0 Å². The molecule has 0 amide bonds. The van der Waals surface area contributed by atoms with Crippen LogP contribution in [-0.4, -0.2) is 0 Å². The Labute approximate surface area is 404 Å². The van der Waals surface area contributed by atoms with Crippen LogP contribution in [0, 0.1) is 24.7 Å². The lowest BCUT2D eigenvalue weighted by Gasteiger charge is -2.32. The molecule has 314 valence electrons. The molecule has 0 heterocycles. The fourth-order valence-corrected chi connectivity index (χ4v) is 12.1. The standard InChI is InChI=1S/C59H40F2I2N2/c1-59(41-27-28-41)49-21-9-8-20-47(49)48-33-32-44(35-50(48)59)65(52-23-11-17-38-14-5-7-19-46(38)52)58-55(61)54(60)53(56(62)57(58)63)39-25-29-42(30-26-39)64(43-31-24-36-12-2-3-15-40(36)34-43)51-22-10-16-37-13-4-6-18-45(37)51/h2-26,29-35,41H,27-28H2,1H3. The van der Waals surface area contributed by atoms with E-state index in [-0.39, 0.29) is 16.7 Å². The van der Waals surface area contributed by atoms with Crippen molar-refractivity contribution in [2.45, 2.75) is 25.2 Å². The van der Waals surface area contributed by atoms with Crippen molar-refractivity contribution in [1.29, 1.82) is 0 Å². The van der Waals surface area contributed by atoms with Gasteiger partial charge in [0.25, 0.3) is 0 Å². The van der Waals surface area contributed by atoms with Gasteiger partial charge in [-0.05, 0) is 162 Å². The van der Waals surface area contributed by atoms with Crippen LogP contribution >= 0.6 is 45.2 Å². The maximum absolute atomic E-state index is 17.7. The summed E-state index contributed by atoms with van der Waals surface area (Å²) in [5, 5.41) is 6.51. The van der Waals surface area contributed by atoms with Crippen LogP contribution in [0.15, 0.2) is 194 Å². The van der Waals surface area contributed by atoms with Crippen LogP contribution in [0.4, 0.5) is 42.9 Å². The van der Waals surface area contributed by atoms with Crippen LogP contribution in [0.2, 0.25) is 0 Å². The zero-order valence-electron chi connectivity index (χ0n) is 35.4. The first kappa shape index (κ1) is 40.4. The predicted molar refractivity (Wildman–Crippen MR) is 284 cm³/mol. The molecule has 2 nitrogen and oxygen atoms in total. The first-order chi connectivity index (χ1) is 31.8. The lowest BCUT2D eigenvalue weighted by molar-refractivity contribution is 0.507. The molecule has 0 spiro atoms. The minimum Gasteiger partial charge on any atom is -0.310 e. The van der Waals surface area contributed by atoms with E-state index >= 15 is 8.78 Å². The third kappa shape index (κ3) is 6.50.